The molecule has 0 saturated carbocycles. The molecule has 0 amide bonds. The Hall–Kier alpha value is -1.56. The van der Waals surface area contributed by atoms with Crippen molar-refractivity contribution in [3.63, 3.8) is 0 Å². The summed E-state index contributed by atoms with van der Waals surface area (Å²) in [6.45, 7) is 2.03. The summed E-state index contributed by atoms with van der Waals surface area (Å²) in [7, 11) is 1.13. The summed E-state index contributed by atoms with van der Waals surface area (Å²) in [5.74, 6) is -4.28. The Morgan fingerprint density at radius 1 is 1.29 bits per heavy atom. The topological polar surface area (TPSA) is 38.3 Å². The zero-order chi connectivity index (χ0) is 13.0. The van der Waals surface area contributed by atoms with Crippen molar-refractivity contribution in [2.24, 2.45) is 0 Å². The molecular weight excluding hydrogens is 235 g/mol. The van der Waals surface area contributed by atoms with Crippen LogP contribution < -0.4 is 5.32 Å². The lowest BCUT2D eigenvalue weighted by Crippen LogP contribution is -2.30. The van der Waals surface area contributed by atoms with Crippen molar-refractivity contribution >= 4 is 5.97 Å². The van der Waals surface area contributed by atoms with Crippen LogP contribution in [0.4, 0.5) is 13.2 Å². The maximum absolute atomic E-state index is 13.4. The van der Waals surface area contributed by atoms with E-state index in [0.29, 0.717) is 18.7 Å². The van der Waals surface area contributed by atoms with Gasteiger partial charge < -0.3 is 10.1 Å². The molecule has 3 nitrogen and oxygen atoms in total. The quantitative estimate of drug-likeness (QED) is 0.652. The third-order valence-electron chi connectivity index (χ3n) is 2.20. The van der Waals surface area contributed by atoms with Gasteiger partial charge in [-0.15, -0.1) is 0 Å². The van der Waals surface area contributed by atoms with Gasteiger partial charge in [-0.1, -0.05) is 6.92 Å². The molecule has 0 aliphatic rings. The standard InChI is InChI=1S/C11H12F3NO2/c1-3-15-10(11(16)17-2)6-4-8(13)9(14)5-7(6)12/h4-5,10,15H,3H2,1-2H3. The highest BCUT2D eigenvalue weighted by Gasteiger charge is 2.25. The summed E-state index contributed by atoms with van der Waals surface area (Å²) in [4.78, 5) is 11.4. The summed E-state index contributed by atoms with van der Waals surface area (Å²) >= 11 is 0. The lowest BCUT2D eigenvalue weighted by molar-refractivity contribution is -0.143. The van der Waals surface area contributed by atoms with E-state index >= 15 is 0 Å². The third-order valence-corrected chi connectivity index (χ3v) is 2.20. The molecule has 0 aliphatic carbocycles. The molecule has 0 spiro atoms. The SMILES string of the molecule is CCNC(C(=O)OC)c1cc(F)c(F)cc1F. The number of likely N-dealkylation sites (N-methyl/N-ethyl adjacent to an activating group) is 1. The first-order valence-electron chi connectivity index (χ1n) is 4.96. The van der Waals surface area contributed by atoms with E-state index < -0.39 is 29.5 Å². The number of hydrogen-bond donors (Lipinski definition) is 1. The Labute approximate surface area is 96.6 Å². The third kappa shape index (κ3) is 2.97. The highest BCUT2D eigenvalue weighted by molar-refractivity contribution is 5.77. The highest BCUT2D eigenvalue weighted by atomic mass is 19.2. The molecule has 1 atom stereocenters. The van der Waals surface area contributed by atoms with E-state index in [2.05, 4.69) is 10.1 Å². The molecule has 0 radical (unpaired) electrons. The van der Waals surface area contributed by atoms with Crippen molar-refractivity contribution in [3.05, 3.63) is 35.1 Å². The van der Waals surface area contributed by atoms with Crippen LogP contribution in [0.1, 0.15) is 18.5 Å². The van der Waals surface area contributed by atoms with Gasteiger partial charge in [-0.2, -0.15) is 0 Å². The molecular formula is C11H12F3NO2. The first-order chi connectivity index (χ1) is 8.01. The van der Waals surface area contributed by atoms with E-state index in [-0.39, 0.29) is 5.56 Å². The number of nitrogens with one attached hydrogen (secondary N) is 1. The maximum atomic E-state index is 13.4. The monoisotopic (exact) mass is 247 g/mol. The highest BCUT2D eigenvalue weighted by Crippen LogP contribution is 2.21. The summed E-state index contributed by atoms with van der Waals surface area (Å²) in [6.07, 6.45) is 0. The number of halogens is 3. The van der Waals surface area contributed by atoms with Gasteiger partial charge in [0.2, 0.25) is 0 Å². The average molecular weight is 247 g/mol. The number of esters is 1. The van der Waals surface area contributed by atoms with Crippen LogP contribution in [0.25, 0.3) is 0 Å². The van der Waals surface area contributed by atoms with Gasteiger partial charge in [0.15, 0.2) is 11.6 Å². The van der Waals surface area contributed by atoms with Gasteiger partial charge in [0.05, 0.1) is 7.11 Å². The molecule has 1 rings (SSSR count). The molecule has 0 aliphatic heterocycles. The van der Waals surface area contributed by atoms with Crippen molar-refractivity contribution in [2.45, 2.75) is 13.0 Å². The van der Waals surface area contributed by atoms with Gasteiger partial charge in [0, 0.05) is 11.6 Å². The van der Waals surface area contributed by atoms with Gasteiger partial charge in [-0.3, -0.25) is 0 Å². The zero-order valence-electron chi connectivity index (χ0n) is 9.39. The number of rotatable bonds is 4. The second-order valence-electron chi connectivity index (χ2n) is 3.30. The summed E-state index contributed by atoms with van der Waals surface area (Å²) in [5.41, 5.74) is -0.280. The van der Waals surface area contributed by atoms with Crippen LogP contribution in [-0.2, 0) is 9.53 Å². The molecule has 1 unspecified atom stereocenters. The summed E-state index contributed by atoms with van der Waals surface area (Å²) < 4.78 is 43.7. The Morgan fingerprint density at radius 2 is 1.88 bits per heavy atom. The fraction of sp³-hybridized carbons (Fsp3) is 0.364. The number of ether oxygens (including phenoxy) is 1. The fourth-order valence-corrected chi connectivity index (χ4v) is 1.40. The van der Waals surface area contributed by atoms with Gasteiger partial charge >= 0.3 is 5.97 Å². The van der Waals surface area contributed by atoms with Crippen molar-refractivity contribution in [3.8, 4) is 0 Å². The molecule has 6 heteroatoms. The van der Waals surface area contributed by atoms with Crippen molar-refractivity contribution < 1.29 is 22.7 Å². The van der Waals surface area contributed by atoms with Crippen LogP contribution in [0.15, 0.2) is 12.1 Å². The molecule has 94 valence electrons. The van der Waals surface area contributed by atoms with Gasteiger partial charge in [0.1, 0.15) is 11.9 Å². The van der Waals surface area contributed by atoms with E-state index in [1.165, 1.54) is 0 Å². The molecule has 0 bridgehead atoms. The number of carbonyl (C=O) groups excluding carboxylic acids is 1. The minimum atomic E-state index is -1.30. The summed E-state index contributed by atoms with van der Waals surface area (Å²) in [5, 5.41) is 2.63. The van der Waals surface area contributed by atoms with Crippen LogP contribution in [-0.4, -0.2) is 19.6 Å². The smallest absolute Gasteiger partial charge is 0.327 e. The minimum absolute atomic E-state index is 0.280. The first-order valence-corrected chi connectivity index (χ1v) is 4.96. The van der Waals surface area contributed by atoms with Gasteiger partial charge in [0.25, 0.3) is 0 Å². The number of methoxy groups -OCH3 is 1. The second kappa shape index (κ2) is 5.67. The maximum Gasteiger partial charge on any atom is 0.327 e. The van der Waals surface area contributed by atoms with E-state index in [9.17, 15) is 18.0 Å². The van der Waals surface area contributed by atoms with Crippen LogP contribution in [0.3, 0.4) is 0 Å². The van der Waals surface area contributed by atoms with Crippen LogP contribution >= 0.6 is 0 Å². The number of benzene rings is 1. The molecule has 0 aromatic heterocycles. The van der Waals surface area contributed by atoms with E-state index in [1.54, 1.807) is 6.92 Å². The largest absolute Gasteiger partial charge is 0.468 e. The Bertz CT molecular complexity index is 423. The number of carbonyl (C=O) groups is 1. The van der Waals surface area contributed by atoms with Crippen LogP contribution in [0, 0.1) is 17.5 Å². The zero-order valence-corrected chi connectivity index (χ0v) is 9.39. The van der Waals surface area contributed by atoms with E-state index in [1.807, 2.05) is 0 Å². The van der Waals surface area contributed by atoms with E-state index in [0.717, 1.165) is 7.11 Å². The van der Waals surface area contributed by atoms with Crippen LogP contribution in [0.5, 0.6) is 0 Å². The molecule has 0 fully saturated rings. The second-order valence-corrected chi connectivity index (χ2v) is 3.30. The van der Waals surface area contributed by atoms with Gasteiger partial charge in [-0.05, 0) is 12.6 Å². The molecule has 1 aromatic carbocycles. The first kappa shape index (κ1) is 13.5. The minimum Gasteiger partial charge on any atom is -0.468 e. The lowest BCUT2D eigenvalue weighted by Gasteiger charge is -2.16. The molecule has 1 aromatic rings. The Morgan fingerprint density at radius 3 is 2.41 bits per heavy atom. The van der Waals surface area contributed by atoms with Crippen LogP contribution in [0.2, 0.25) is 0 Å². The predicted molar refractivity (Wildman–Crippen MR) is 54.7 cm³/mol. The average Bonchev–Trinajstić information content (AvgIpc) is 2.30. The lowest BCUT2D eigenvalue weighted by atomic mass is 10.1. The Balaban J connectivity index is 3.18. The van der Waals surface area contributed by atoms with Crippen molar-refractivity contribution in [2.75, 3.05) is 13.7 Å². The molecule has 0 saturated heterocycles. The fourth-order valence-electron chi connectivity index (χ4n) is 1.40. The molecule has 17 heavy (non-hydrogen) atoms. The number of hydrogen-bond acceptors (Lipinski definition) is 3. The van der Waals surface area contributed by atoms with E-state index in [4.69, 9.17) is 0 Å². The van der Waals surface area contributed by atoms with Crippen molar-refractivity contribution in [1.82, 2.24) is 5.32 Å². The Kier molecular flexibility index (Phi) is 4.51. The normalized spacial score (nSPS) is 12.3. The van der Waals surface area contributed by atoms with Gasteiger partial charge in [-0.25, -0.2) is 18.0 Å². The molecule has 0 heterocycles. The van der Waals surface area contributed by atoms with Crippen molar-refractivity contribution in [1.29, 1.82) is 0 Å². The summed E-state index contributed by atoms with van der Waals surface area (Å²) in [6, 6.07) is -0.104. The molecule has 1 N–H and O–H groups in total. The predicted octanol–water partition coefficient (Wildman–Crippen LogP) is 1.93.